The molecule has 0 aliphatic heterocycles. The molecular formula is C23H38. The first-order valence-electron chi connectivity index (χ1n) is 10.1. The fraction of sp³-hybridized carbons (Fsp3) is 0.652. The Hall–Kier alpha value is -1.04. The monoisotopic (exact) mass is 314 g/mol. The third-order valence-electron chi connectivity index (χ3n) is 4.61. The van der Waals surface area contributed by atoms with Gasteiger partial charge in [-0.1, -0.05) is 114 Å². The zero-order valence-electron chi connectivity index (χ0n) is 15.7. The van der Waals surface area contributed by atoms with E-state index in [1.54, 1.807) is 0 Å². The molecule has 1 rings (SSSR count). The van der Waals surface area contributed by atoms with Crippen LogP contribution in [-0.2, 0) is 6.42 Å². The van der Waals surface area contributed by atoms with Gasteiger partial charge in [-0.25, -0.2) is 0 Å². The summed E-state index contributed by atoms with van der Waals surface area (Å²) in [5.74, 6) is 0. The Balaban J connectivity index is 2.11. The summed E-state index contributed by atoms with van der Waals surface area (Å²) in [6.45, 7) is 4.53. The molecule has 130 valence electrons. The molecule has 0 saturated carbocycles. The van der Waals surface area contributed by atoms with Crippen molar-refractivity contribution in [1.29, 1.82) is 0 Å². The Morgan fingerprint density at radius 2 is 1.30 bits per heavy atom. The first kappa shape index (κ1) is 20.0. The van der Waals surface area contributed by atoms with Crippen LogP contribution in [0.5, 0.6) is 0 Å². The number of hydrogen-bond acceptors (Lipinski definition) is 0. The summed E-state index contributed by atoms with van der Waals surface area (Å²) in [5.41, 5.74) is 2.95. The van der Waals surface area contributed by atoms with Crippen LogP contribution in [-0.4, -0.2) is 0 Å². The van der Waals surface area contributed by atoms with Gasteiger partial charge in [0.25, 0.3) is 0 Å². The average molecular weight is 315 g/mol. The Kier molecular flexibility index (Phi) is 12.7. The summed E-state index contributed by atoms with van der Waals surface area (Å²) in [5, 5.41) is 0. The fourth-order valence-corrected chi connectivity index (χ4v) is 3.10. The molecule has 0 N–H and O–H groups in total. The van der Waals surface area contributed by atoms with E-state index in [1.165, 1.54) is 94.6 Å². The molecule has 0 spiro atoms. The van der Waals surface area contributed by atoms with Crippen LogP contribution < -0.4 is 0 Å². The number of allylic oxidation sites excluding steroid dienone is 1. The van der Waals surface area contributed by atoms with Gasteiger partial charge in [-0.2, -0.15) is 0 Å². The highest BCUT2D eigenvalue weighted by molar-refractivity contribution is 5.53. The lowest BCUT2D eigenvalue weighted by Gasteiger charge is -2.06. The number of unbranched alkanes of at least 4 members (excludes halogenated alkanes) is 10. The van der Waals surface area contributed by atoms with Gasteiger partial charge in [-0.3, -0.25) is 0 Å². The second-order valence-electron chi connectivity index (χ2n) is 6.82. The van der Waals surface area contributed by atoms with Gasteiger partial charge in [0.1, 0.15) is 0 Å². The highest BCUT2D eigenvalue weighted by atomic mass is 14.0. The van der Waals surface area contributed by atoms with E-state index in [0.29, 0.717) is 0 Å². The van der Waals surface area contributed by atoms with Crippen molar-refractivity contribution in [3.8, 4) is 0 Å². The van der Waals surface area contributed by atoms with E-state index in [0.717, 1.165) is 0 Å². The van der Waals surface area contributed by atoms with E-state index in [-0.39, 0.29) is 0 Å². The van der Waals surface area contributed by atoms with E-state index in [2.05, 4.69) is 50.3 Å². The molecule has 0 unspecified atom stereocenters. The quantitative estimate of drug-likeness (QED) is 0.305. The lowest BCUT2D eigenvalue weighted by Crippen LogP contribution is -1.90. The fourth-order valence-electron chi connectivity index (χ4n) is 3.10. The minimum atomic E-state index is 1.19. The summed E-state index contributed by atoms with van der Waals surface area (Å²) in [6, 6.07) is 8.91. The van der Waals surface area contributed by atoms with Gasteiger partial charge in [0.2, 0.25) is 0 Å². The van der Waals surface area contributed by atoms with Crippen LogP contribution in [0, 0.1) is 0 Å². The van der Waals surface area contributed by atoms with Crippen molar-refractivity contribution in [1.82, 2.24) is 0 Å². The highest BCUT2D eigenvalue weighted by Gasteiger charge is 1.99. The molecule has 0 nitrogen and oxygen atoms in total. The largest absolute Gasteiger partial charge is 0.0839 e. The molecule has 0 atom stereocenters. The SMILES string of the molecule is CCC/C=C/c1ccccc1CCCCCCCCCCCC. The Bertz CT molecular complexity index is 402. The predicted octanol–water partition coefficient (Wildman–Crippen LogP) is 7.96. The first-order chi connectivity index (χ1) is 11.4. The summed E-state index contributed by atoms with van der Waals surface area (Å²) < 4.78 is 0. The van der Waals surface area contributed by atoms with Crippen molar-refractivity contribution < 1.29 is 0 Å². The highest BCUT2D eigenvalue weighted by Crippen LogP contribution is 2.16. The van der Waals surface area contributed by atoms with E-state index in [9.17, 15) is 0 Å². The number of hydrogen-bond donors (Lipinski definition) is 0. The molecule has 0 heterocycles. The summed E-state index contributed by atoms with van der Waals surface area (Å²) in [6.07, 6.45) is 22.4. The van der Waals surface area contributed by atoms with Crippen LogP contribution in [0.1, 0.15) is 102 Å². The molecule has 0 heteroatoms. The Morgan fingerprint density at radius 3 is 1.96 bits per heavy atom. The molecule has 0 bridgehead atoms. The van der Waals surface area contributed by atoms with Crippen LogP contribution in [0.2, 0.25) is 0 Å². The van der Waals surface area contributed by atoms with Crippen LogP contribution in [0.3, 0.4) is 0 Å². The maximum absolute atomic E-state index is 2.32. The molecule has 0 radical (unpaired) electrons. The van der Waals surface area contributed by atoms with Crippen molar-refractivity contribution in [2.45, 2.75) is 97.3 Å². The molecular weight excluding hydrogens is 276 g/mol. The van der Waals surface area contributed by atoms with Gasteiger partial charge in [-0.15, -0.1) is 0 Å². The van der Waals surface area contributed by atoms with Crippen molar-refractivity contribution in [3.63, 3.8) is 0 Å². The Labute approximate surface area is 145 Å². The van der Waals surface area contributed by atoms with Crippen molar-refractivity contribution in [3.05, 3.63) is 41.5 Å². The zero-order valence-corrected chi connectivity index (χ0v) is 15.7. The predicted molar refractivity (Wildman–Crippen MR) is 106 cm³/mol. The molecule has 23 heavy (non-hydrogen) atoms. The van der Waals surface area contributed by atoms with E-state index >= 15 is 0 Å². The van der Waals surface area contributed by atoms with E-state index in [4.69, 9.17) is 0 Å². The third kappa shape index (κ3) is 10.4. The summed E-state index contributed by atoms with van der Waals surface area (Å²) in [4.78, 5) is 0. The molecule has 0 fully saturated rings. The molecule has 1 aromatic carbocycles. The zero-order chi connectivity index (χ0) is 16.6. The van der Waals surface area contributed by atoms with Crippen LogP contribution in [0.25, 0.3) is 6.08 Å². The van der Waals surface area contributed by atoms with Crippen molar-refractivity contribution >= 4 is 6.08 Å². The number of aryl methyl sites for hydroxylation is 1. The second kappa shape index (κ2) is 14.5. The molecule has 0 aliphatic rings. The molecule has 0 saturated heterocycles. The van der Waals surface area contributed by atoms with Gasteiger partial charge in [0.15, 0.2) is 0 Å². The average Bonchev–Trinajstić information content (AvgIpc) is 2.58. The second-order valence-corrected chi connectivity index (χ2v) is 6.82. The van der Waals surface area contributed by atoms with Crippen LogP contribution >= 0.6 is 0 Å². The standard InChI is InChI=1S/C23H38/c1-3-5-7-8-9-10-11-12-13-15-19-23-21-17-16-20-22(23)18-14-6-4-2/h14,16-18,20-21H,3-13,15,19H2,1-2H3/b18-14+. The lowest BCUT2D eigenvalue weighted by atomic mass is 9.99. The van der Waals surface area contributed by atoms with Gasteiger partial charge < -0.3 is 0 Å². The smallest absolute Gasteiger partial charge is 0.0228 e. The van der Waals surface area contributed by atoms with Crippen LogP contribution in [0.15, 0.2) is 30.3 Å². The van der Waals surface area contributed by atoms with Crippen molar-refractivity contribution in [2.24, 2.45) is 0 Å². The van der Waals surface area contributed by atoms with Gasteiger partial charge in [0, 0.05) is 0 Å². The minimum absolute atomic E-state index is 1.19. The van der Waals surface area contributed by atoms with Gasteiger partial charge in [-0.05, 0) is 30.4 Å². The summed E-state index contributed by atoms with van der Waals surface area (Å²) >= 11 is 0. The van der Waals surface area contributed by atoms with Gasteiger partial charge >= 0.3 is 0 Å². The third-order valence-corrected chi connectivity index (χ3v) is 4.61. The normalized spacial score (nSPS) is 11.4. The first-order valence-corrected chi connectivity index (χ1v) is 10.1. The number of rotatable bonds is 14. The lowest BCUT2D eigenvalue weighted by molar-refractivity contribution is 0.556. The molecule has 0 amide bonds. The Morgan fingerprint density at radius 1 is 0.696 bits per heavy atom. The summed E-state index contributed by atoms with van der Waals surface area (Å²) in [7, 11) is 0. The molecule has 1 aromatic rings. The van der Waals surface area contributed by atoms with Crippen LogP contribution in [0.4, 0.5) is 0 Å². The van der Waals surface area contributed by atoms with Gasteiger partial charge in [0.05, 0.1) is 0 Å². The maximum atomic E-state index is 2.32. The minimum Gasteiger partial charge on any atom is -0.0839 e. The van der Waals surface area contributed by atoms with E-state index < -0.39 is 0 Å². The number of benzene rings is 1. The topological polar surface area (TPSA) is 0 Å². The van der Waals surface area contributed by atoms with E-state index in [1.807, 2.05) is 0 Å². The molecule has 0 aromatic heterocycles. The molecule has 0 aliphatic carbocycles. The maximum Gasteiger partial charge on any atom is -0.0228 e. The van der Waals surface area contributed by atoms with Crippen molar-refractivity contribution in [2.75, 3.05) is 0 Å².